The number of amides is 1. The summed E-state index contributed by atoms with van der Waals surface area (Å²) in [6.07, 6.45) is 0. The molecule has 0 spiro atoms. The van der Waals surface area contributed by atoms with Gasteiger partial charge in [-0.15, -0.1) is 0 Å². The lowest BCUT2D eigenvalue weighted by Gasteiger charge is -2.33. The molecule has 0 aromatic heterocycles. The summed E-state index contributed by atoms with van der Waals surface area (Å²) in [4.78, 5) is 13.4. The summed E-state index contributed by atoms with van der Waals surface area (Å²) in [5.74, 6) is 0.517. The van der Waals surface area contributed by atoms with Gasteiger partial charge >= 0.3 is 0 Å². The fourth-order valence-electron chi connectivity index (χ4n) is 1.56. The Morgan fingerprint density at radius 2 is 2.38 bits per heavy atom. The average Bonchev–Trinajstić information content (AvgIpc) is 2.08. The molecule has 0 bridgehead atoms. The second kappa shape index (κ2) is 4.58. The summed E-state index contributed by atoms with van der Waals surface area (Å²) >= 11 is 0. The van der Waals surface area contributed by atoms with Crippen LogP contribution in [0, 0.1) is 5.92 Å². The predicted molar refractivity (Wildman–Crippen MR) is 50.3 cm³/mol. The van der Waals surface area contributed by atoms with Crippen molar-refractivity contribution in [1.29, 1.82) is 0 Å². The van der Waals surface area contributed by atoms with Crippen LogP contribution in [0.1, 0.15) is 13.8 Å². The first-order valence-electron chi connectivity index (χ1n) is 4.78. The van der Waals surface area contributed by atoms with Gasteiger partial charge in [0.25, 0.3) is 0 Å². The summed E-state index contributed by atoms with van der Waals surface area (Å²) in [6.45, 7) is 6.40. The molecule has 1 aliphatic heterocycles. The van der Waals surface area contributed by atoms with Gasteiger partial charge < -0.3 is 15.3 Å². The number of piperazine rings is 1. The van der Waals surface area contributed by atoms with Crippen LogP contribution < -0.4 is 5.32 Å². The quantitative estimate of drug-likeness (QED) is 0.621. The molecule has 0 aromatic carbocycles. The van der Waals surface area contributed by atoms with Gasteiger partial charge in [0.1, 0.15) is 6.04 Å². The van der Waals surface area contributed by atoms with Crippen molar-refractivity contribution in [2.75, 3.05) is 26.2 Å². The molecule has 1 atom stereocenters. The fraction of sp³-hybridized carbons (Fsp3) is 0.889. The number of hydrogen-bond donors (Lipinski definition) is 2. The Bertz CT molecular complexity index is 182. The third-order valence-corrected chi connectivity index (χ3v) is 2.15. The minimum atomic E-state index is -0.382. The van der Waals surface area contributed by atoms with Crippen molar-refractivity contribution in [2.45, 2.75) is 19.9 Å². The van der Waals surface area contributed by atoms with Crippen LogP contribution in [-0.4, -0.2) is 48.2 Å². The van der Waals surface area contributed by atoms with Crippen LogP contribution in [0.25, 0.3) is 0 Å². The Morgan fingerprint density at radius 3 is 2.92 bits per heavy atom. The van der Waals surface area contributed by atoms with E-state index in [4.69, 9.17) is 5.11 Å². The highest BCUT2D eigenvalue weighted by Gasteiger charge is 2.27. The van der Waals surface area contributed by atoms with E-state index in [9.17, 15) is 4.79 Å². The van der Waals surface area contributed by atoms with Crippen LogP contribution in [0.2, 0.25) is 0 Å². The van der Waals surface area contributed by atoms with E-state index in [-0.39, 0.29) is 18.6 Å². The highest BCUT2D eigenvalue weighted by atomic mass is 16.3. The zero-order valence-electron chi connectivity index (χ0n) is 8.29. The number of nitrogens with one attached hydrogen (secondary N) is 1. The van der Waals surface area contributed by atoms with Crippen molar-refractivity contribution in [1.82, 2.24) is 10.2 Å². The Balaban J connectivity index is 2.50. The molecule has 0 aliphatic carbocycles. The Morgan fingerprint density at radius 1 is 1.69 bits per heavy atom. The molecule has 1 heterocycles. The molecule has 1 aliphatic rings. The van der Waals surface area contributed by atoms with Crippen molar-refractivity contribution in [3.8, 4) is 0 Å². The van der Waals surface area contributed by atoms with Crippen molar-refractivity contribution < 1.29 is 9.90 Å². The number of rotatable bonds is 3. The molecular formula is C9H18N2O2. The fourth-order valence-corrected chi connectivity index (χ4v) is 1.56. The van der Waals surface area contributed by atoms with E-state index in [1.807, 2.05) is 4.90 Å². The number of aliphatic hydroxyl groups is 1. The second-order valence-electron chi connectivity index (χ2n) is 3.87. The lowest BCUT2D eigenvalue weighted by molar-refractivity contribution is -0.137. The van der Waals surface area contributed by atoms with Gasteiger partial charge in [-0.2, -0.15) is 0 Å². The third kappa shape index (κ3) is 2.67. The maximum atomic E-state index is 11.6. The topological polar surface area (TPSA) is 52.6 Å². The summed E-state index contributed by atoms with van der Waals surface area (Å²) in [5, 5.41) is 11.9. The molecule has 2 N–H and O–H groups in total. The zero-order chi connectivity index (χ0) is 9.84. The van der Waals surface area contributed by atoms with Gasteiger partial charge in [0.05, 0.1) is 6.61 Å². The normalized spacial score (nSPS) is 24.2. The van der Waals surface area contributed by atoms with E-state index < -0.39 is 0 Å². The average molecular weight is 186 g/mol. The monoisotopic (exact) mass is 186 g/mol. The smallest absolute Gasteiger partial charge is 0.242 e. The Hall–Kier alpha value is -0.610. The van der Waals surface area contributed by atoms with Gasteiger partial charge in [-0.3, -0.25) is 4.79 Å². The van der Waals surface area contributed by atoms with E-state index in [0.717, 1.165) is 19.6 Å². The number of nitrogens with zero attached hydrogens (tertiary/aromatic N) is 1. The van der Waals surface area contributed by atoms with Crippen LogP contribution in [0.5, 0.6) is 0 Å². The maximum Gasteiger partial charge on any atom is 0.242 e. The minimum absolute atomic E-state index is 0.0300. The minimum Gasteiger partial charge on any atom is -0.394 e. The van der Waals surface area contributed by atoms with Crippen molar-refractivity contribution in [3.05, 3.63) is 0 Å². The van der Waals surface area contributed by atoms with Crippen LogP contribution in [-0.2, 0) is 4.79 Å². The molecule has 13 heavy (non-hydrogen) atoms. The molecule has 1 unspecified atom stereocenters. The second-order valence-corrected chi connectivity index (χ2v) is 3.87. The van der Waals surface area contributed by atoms with Crippen LogP contribution >= 0.6 is 0 Å². The molecule has 1 saturated heterocycles. The van der Waals surface area contributed by atoms with E-state index in [1.165, 1.54) is 0 Å². The van der Waals surface area contributed by atoms with E-state index >= 15 is 0 Å². The van der Waals surface area contributed by atoms with Crippen LogP contribution in [0.15, 0.2) is 0 Å². The van der Waals surface area contributed by atoms with Gasteiger partial charge in [-0.1, -0.05) is 13.8 Å². The molecule has 4 nitrogen and oxygen atoms in total. The highest BCUT2D eigenvalue weighted by Crippen LogP contribution is 2.04. The highest BCUT2D eigenvalue weighted by molar-refractivity contribution is 5.82. The number of hydrogen-bond acceptors (Lipinski definition) is 3. The van der Waals surface area contributed by atoms with Crippen LogP contribution in [0.4, 0.5) is 0 Å². The van der Waals surface area contributed by atoms with Gasteiger partial charge in [0.2, 0.25) is 5.91 Å². The molecule has 1 fully saturated rings. The van der Waals surface area contributed by atoms with Crippen molar-refractivity contribution in [3.63, 3.8) is 0 Å². The lowest BCUT2D eigenvalue weighted by atomic mass is 10.1. The maximum absolute atomic E-state index is 11.6. The molecule has 0 aromatic rings. The summed E-state index contributed by atoms with van der Waals surface area (Å²) in [6, 6.07) is -0.382. The number of aliphatic hydroxyl groups excluding tert-OH is 1. The molecule has 0 radical (unpaired) electrons. The van der Waals surface area contributed by atoms with Gasteiger partial charge in [0, 0.05) is 19.6 Å². The van der Waals surface area contributed by atoms with Crippen molar-refractivity contribution in [2.24, 2.45) is 5.92 Å². The number of carbonyl (C=O) groups excluding carboxylic acids is 1. The predicted octanol–water partition coefficient (Wildman–Crippen LogP) is -0.565. The third-order valence-electron chi connectivity index (χ3n) is 2.15. The first kappa shape index (κ1) is 10.5. The standard InChI is InChI=1S/C9H18N2O2/c1-7(2)5-11-4-3-10-8(6-12)9(11)13/h7-8,10,12H,3-6H2,1-2H3. The largest absolute Gasteiger partial charge is 0.394 e. The molecule has 0 saturated carbocycles. The lowest BCUT2D eigenvalue weighted by Crippen LogP contribution is -2.57. The van der Waals surface area contributed by atoms with E-state index in [1.54, 1.807) is 0 Å². The van der Waals surface area contributed by atoms with E-state index in [2.05, 4.69) is 19.2 Å². The Labute approximate surface area is 78.9 Å². The van der Waals surface area contributed by atoms with Gasteiger partial charge in [0.15, 0.2) is 0 Å². The summed E-state index contributed by atoms with van der Waals surface area (Å²) in [7, 11) is 0. The summed E-state index contributed by atoms with van der Waals surface area (Å²) < 4.78 is 0. The SMILES string of the molecule is CC(C)CN1CCNC(CO)C1=O. The molecule has 1 rings (SSSR count). The van der Waals surface area contributed by atoms with Crippen LogP contribution in [0.3, 0.4) is 0 Å². The Kier molecular flexibility index (Phi) is 3.69. The molecular weight excluding hydrogens is 168 g/mol. The zero-order valence-corrected chi connectivity index (χ0v) is 8.29. The summed E-state index contributed by atoms with van der Waals surface area (Å²) in [5.41, 5.74) is 0. The molecule has 76 valence electrons. The molecule has 1 amide bonds. The first-order chi connectivity index (χ1) is 6.15. The number of carbonyl (C=O) groups is 1. The van der Waals surface area contributed by atoms with Gasteiger partial charge in [-0.25, -0.2) is 0 Å². The van der Waals surface area contributed by atoms with Gasteiger partial charge in [-0.05, 0) is 5.92 Å². The van der Waals surface area contributed by atoms with E-state index in [0.29, 0.717) is 5.92 Å². The molecule has 4 heteroatoms. The van der Waals surface area contributed by atoms with Crippen molar-refractivity contribution >= 4 is 5.91 Å². The first-order valence-corrected chi connectivity index (χ1v) is 4.78.